The molecule has 0 saturated carbocycles. The second-order valence-corrected chi connectivity index (χ2v) is 6.44. The highest BCUT2D eigenvalue weighted by atomic mass is 16.6. The second-order valence-electron chi connectivity index (χ2n) is 6.44. The molecule has 0 radical (unpaired) electrons. The van der Waals surface area contributed by atoms with Crippen molar-refractivity contribution in [1.29, 1.82) is 0 Å². The Morgan fingerprint density at radius 1 is 0.808 bits per heavy atom. The van der Waals surface area contributed by atoms with Crippen molar-refractivity contribution in [3.63, 3.8) is 0 Å². The van der Waals surface area contributed by atoms with Crippen molar-refractivity contribution >= 4 is 5.91 Å². The molecule has 0 saturated heterocycles. The number of likely N-dealkylation sites (N-methyl/N-ethyl adjacent to an activating group) is 1. The van der Waals surface area contributed by atoms with E-state index in [9.17, 15) is 4.79 Å². The summed E-state index contributed by atoms with van der Waals surface area (Å²) in [5.41, 5.74) is 0. The van der Waals surface area contributed by atoms with Gasteiger partial charge < -0.3 is 29.6 Å². The van der Waals surface area contributed by atoms with Gasteiger partial charge in [0.05, 0.1) is 52.9 Å². The van der Waals surface area contributed by atoms with Crippen LogP contribution >= 0.6 is 0 Å². The first kappa shape index (κ1) is 25.3. The number of rotatable bonds is 20. The van der Waals surface area contributed by atoms with Gasteiger partial charge in [0, 0.05) is 19.5 Å². The molecule has 0 aliphatic heterocycles. The molecule has 0 aromatic rings. The Hall–Kier alpha value is -0.730. The molecule has 26 heavy (non-hydrogen) atoms. The molecular weight excluding hydrogens is 336 g/mol. The van der Waals surface area contributed by atoms with E-state index in [1.807, 2.05) is 0 Å². The van der Waals surface area contributed by atoms with Crippen LogP contribution in [0.4, 0.5) is 0 Å². The van der Waals surface area contributed by atoms with E-state index in [1.54, 1.807) is 0 Å². The molecule has 0 aromatic heterocycles. The average molecular weight is 377 g/mol. The van der Waals surface area contributed by atoms with E-state index < -0.39 is 0 Å². The Balaban J connectivity index is 3.11. The lowest BCUT2D eigenvalue weighted by atomic mass is 10.1. The van der Waals surface area contributed by atoms with Gasteiger partial charge in [0.15, 0.2) is 0 Å². The maximum absolute atomic E-state index is 11.6. The molecule has 0 aromatic carbocycles. The average Bonchev–Trinajstić information content (AvgIpc) is 2.62. The number of hydrogen-bond donors (Lipinski definition) is 2. The summed E-state index contributed by atoms with van der Waals surface area (Å²) in [6, 6.07) is 0. The van der Waals surface area contributed by atoms with E-state index in [0.717, 1.165) is 32.5 Å². The zero-order valence-corrected chi connectivity index (χ0v) is 17.0. The summed E-state index contributed by atoms with van der Waals surface area (Å²) >= 11 is 0. The third kappa shape index (κ3) is 21.3. The van der Waals surface area contributed by atoms with Crippen LogP contribution in [0, 0.1) is 5.92 Å². The SMILES string of the molecule is CCNCCOCCOCCOCCOCCC(=O)NCCCC(C)C. The van der Waals surface area contributed by atoms with Crippen LogP contribution in [0.15, 0.2) is 0 Å². The zero-order chi connectivity index (χ0) is 19.3. The standard InChI is InChI=1S/C19H40N2O5/c1-4-20-9-11-24-13-15-26-17-16-25-14-12-23-10-7-19(22)21-8-5-6-18(2)3/h18,20H,4-17H2,1-3H3,(H,21,22). The first-order valence-corrected chi connectivity index (χ1v) is 9.95. The molecule has 7 nitrogen and oxygen atoms in total. The Morgan fingerprint density at radius 3 is 1.88 bits per heavy atom. The maximum Gasteiger partial charge on any atom is 0.222 e. The molecular formula is C19H40N2O5. The number of carbonyl (C=O) groups is 1. The largest absolute Gasteiger partial charge is 0.379 e. The van der Waals surface area contributed by atoms with Crippen molar-refractivity contribution in [3.05, 3.63) is 0 Å². The summed E-state index contributed by atoms with van der Waals surface area (Å²) in [4.78, 5) is 11.6. The van der Waals surface area contributed by atoms with Gasteiger partial charge in [-0.3, -0.25) is 4.79 Å². The highest BCUT2D eigenvalue weighted by Gasteiger charge is 2.01. The zero-order valence-electron chi connectivity index (χ0n) is 17.0. The van der Waals surface area contributed by atoms with Crippen LogP contribution in [0.3, 0.4) is 0 Å². The van der Waals surface area contributed by atoms with E-state index in [4.69, 9.17) is 18.9 Å². The fourth-order valence-electron chi connectivity index (χ4n) is 2.07. The first-order valence-electron chi connectivity index (χ1n) is 9.95. The van der Waals surface area contributed by atoms with Gasteiger partial charge in [-0.25, -0.2) is 0 Å². The van der Waals surface area contributed by atoms with E-state index in [1.165, 1.54) is 0 Å². The highest BCUT2D eigenvalue weighted by Crippen LogP contribution is 2.01. The van der Waals surface area contributed by atoms with Crippen LogP contribution in [0.5, 0.6) is 0 Å². The molecule has 0 bridgehead atoms. The van der Waals surface area contributed by atoms with Gasteiger partial charge in [0.25, 0.3) is 0 Å². The van der Waals surface area contributed by atoms with Gasteiger partial charge in [-0.15, -0.1) is 0 Å². The summed E-state index contributed by atoms with van der Waals surface area (Å²) in [5, 5.41) is 6.10. The first-order chi connectivity index (χ1) is 12.7. The number of amides is 1. The topological polar surface area (TPSA) is 78.1 Å². The van der Waals surface area contributed by atoms with E-state index in [2.05, 4.69) is 31.4 Å². The number of carbonyl (C=O) groups excluding carboxylic acids is 1. The van der Waals surface area contributed by atoms with Crippen molar-refractivity contribution in [2.75, 3.05) is 72.5 Å². The van der Waals surface area contributed by atoms with Gasteiger partial charge in [-0.2, -0.15) is 0 Å². The third-order valence-electron chi connectivity index (χ3n) is 3.54. The van der Waals surface area contributed by atoms with Crippen molar-refractivity contribution in [3.8, 4) is 0 Å². The molecule has 0 fully saturated rings. The summed E-state index contributed by atoms with van der Waals surface area (Å²) in [7, 11) is 0. The molecule has 0 atom stereocenters. The molecule has 0 aliphatic carbocycles. The Labute approximate surface area is 159 Å². The Bertz CT molecular complexity index is 304. The second kappa shape index (κ2) is 20.6. The molecule has 0 heterocycles. The molecule has 2 N–H and O–H groups in total. The maximum atomic E-state index is 11.6. The molecule has 156 valence electrons. The number of ether oxygens (including phenoxy) is 4. The quantitative estimate of drug-likeness (QED) is 0.314. The summed E-state index contributed by atoms with van der Waals surface area (Å²) in [6.45, 7) is 13.5. The third-order valence-corrected chi connectivity index (χ3v) is 3.54. The van der Waals surface area contributed by atoms with Crippen LogP contribution in [-0.4, -0.2) is 78.4 Å². The predicted molar refractivity (Wildman–Crippen MR) is 104 cm³/mol. The van der Waals surface area contributed by atoms with E-state index in [-0.39, 0.29) is 5.91 Å². The number of nitrogens with one attached hydrogen (secondary N) is 2. The van der Waals surface area contributed by atoms with Crippen LogP contribution < -0.4 is 10.6 Å². The molecule has 7 heteroatoms. The van der Waals surface area contributed by atoms with Crippen LogP contribution in [-0.2, 0) is 23.7 Å². The molecule has 0 aliphatic rings. The lowest BCUT2D eigenvalue weighted by Crippen LogP contribution is -2.25. The normalized spacial score (nSPS) is 11.2. The van der Waals surface area contributed by atoms with Crippen molar-refractivity contribution in [1.82, 2.24) is 10.6 Å². The molecule has 1 amide bonds. The summed E-state index contributed by atoms with van der Waals surface area (Å²) in [5.74, 6) is 0.734. The minimum atomic E-state index is 0.0516. The van der Waals surface area contributed by atoms with Crippen molar-refractivity contribution in [2.45, 2.75) is 40.0 Å². The van der Waals surface area contributed by atoms with E-state index in [0.29, 0.717) is 65.2 Å². The Kier molecular flexibility index (Phi) is 20.0. The van der Waals surface area contributed by atoms with Crippen molar-refractivity contribution < 1.29 is 23.7 Å². The van der Waals surface area contributed by atoms with Crippen LogP contribution in [0.2, 0.25) is 0 Å². The lowest BCUT2D eigenvalue weighted by Gasteiger charge is -2.08. The molecule has 0 rings (SSSR count). The van der Waals surface area contributed by atoms with Gasteiger partial charge in [0.2, 0.25) is 5.91 Å². The minimum Gasteiger partial charge on any atom is -0.379 e. The minimum absolute atomic E-state index is 0.0516. The fraction of sp³-hybridized carbons (Fsp3) is 0.947. The van der Waals surface area contributed by atoms with Crippen LogP contribution in [0.25, 0.3) is 0 Å². The number of hydrogen-bond acceptors (Lipinski definition) is 6. The van der Waals surface area contributed by atoms with Gasteiger partial charge in [0.1, 0.15) is 0 Å². The van der Waals surface area contributed by atoms with Gasteiger partial charge in [-0.05, 0) is 25.3 Å². The smallest absolute Gasteiger partial charge is 0.222 e. The fourth-order valence-corrected chi connectivity index (χ4v) is 2.07. The Morgan fingerprint density at radius 2 is 1.35 bits per heavy atom. The molecule has 0 unspecified atom stereocenters. The molecule has 0 spiro atoms. The summed E-state index contributed by atoms with van der Waals surface area (Å²) in [6.07, 6.45) is 2.57. The van der Waals surface area contributed by atoms with Gasteiger partial charge >= 0.3 is 0 Å². The monoisotopic (exact) mass is 376 g/mol. The van der Waals surface area contributed by atoms with Crippen molar-refractivity contribution in [2.24, 2.45) is 5.92 Å². The highest BCUT2D eigenvalue weighted by molar-refractivity contribution is 5.75. The van der Waals surface area contributed by atoms with E-state index >= 15 is 0 Å². The summed E-state index contributed by atoms with van der Waals surface area (Å²) < 4.78 is 21.6. The van der Waals surface area contributed by atoms with Crippen LogP contribution in [0.1, 0.15) is 40.0 Å². The predicted octanol–water partition coefficient (Wildman–Crippen LogP) is 1.60. The lowest BCUT2D eigenvalue weighted by molar-refractivity contribution is -0.122. The van der Waals surface area contributed by atoms with Gasteiger partial charge in [-0.1, -0.05) is 20.8 Å².